The molecule has 2 heteroatoms. The smallest absolute Gasteiger partial charge is 0.167 e. The lowest BCUT2D eigenvalue weighted by Gasteiger charge is -2.11. The zero-order chi connectivity index (χ0) is 15.4. The fourth-order valence-electron chi connectivity index (χ4n) is 2.66. The molecule has 0 fully saturated rings. The predicted molar refractivity (Wildman–Crippen MR) is 91.5 cm³/mol. The minimum Gasteiger partial charge on any atom is -0.294 e. The van der Waals surface area contributed by atoms with Crippen LogP contribution in [0.25, 0.3) is 0 Å². The monoisotopic (exact) mass is 298 g/mol. The summed E-state index contributed by atoms with van der Waals surface area (Å²) in [6, 6.07) is 12.3. The number of hydrogen-bond acceptors (Lipinski definition) is 2. The Balaban J connectivity index is 2.18. The van der Waals surface area contributed by atoms with Crippen molar-refractivity contribution in [2.75, 3.05) is 5.75 Å². The Labute approximate surface area is 131 Å². The van der Waals surface area contributed by atoms with Crippen LogP contribution in [0, 0.1) is 20.8 Å². The van der Waals surface area contributed by atoms with Crippen LogP contribution < -0.4 is 0 Å². The molecule has 0 radical (unpaired) electrons. The maximum Gasteiger partial charge on any atom is 0.167 e. The van der Waals surface area contributed by atoms with Gasteiger partial charge in [-0.15, -0.1) is 11.8 Å². The maximum absolute atomic E-state index is 12.5. The van der Waals surface area contributed by atoms with Crippen LogP contribution in [0.1, 0.15) is 39.5 Å². The molecule has 2 aromatic carbocycles. The van der Waals surface area contributed by atoms with Gasteiger partial charge in [0.25, 0.3) is 0 Å². The molecule has 2 rings (SSSR count). The molecule has 0 saturated carbocycles. The van der Waals surface area contributed by atoms with Crippen LogP contribution in [0.2, 0.25) is 0 Å². The Morgan fingerprint density at radius 2 is 1.57 bits per heavy atom. The fraction of sp³-hybridized carbons (Fsp3) is 0.316. The number of carbonyl (C=O) groups excluding carboxylic acids is 1. The van der Waals surface area contributed by atoms with E-state index in [-0.39, 0.29) is 5.78 Å². The van der Waals surface area contributed by atoms with Crippen molar-refractivity contribution in [2.45, 2.75) is 39.0 Å². The molecule has 2 aromatic rings. The van der Waals surface area contributed by atoms with Crippen molar-refractivity contribution in [3.05, 3.63) is 64.2 Å². The summed E-state index contributed by atoms with van der Waals surface area (Å²) in [5.74, 6) is 1.24. The van der Waals surface area contributed by atoms with Crippen LogP contribution in [-0.2, 0) is 6.42 Å². The molecule has 0 bridgehead atoms. The number of thioether (sulfide) groups is 1. The number of Topliss-reactive ketones (excluding diaryl/α,β-unsaturated/α-hetero) is 1. The van der Waals surface area contributed by atoms with Gasteiger partial charge >= 0.3 is 0 Å². The molecule has 0 heterocycles. The van der Waals surface area contributed by atoms with Crippen molar-refractivity contribution in [1.82, 2.24) is 0 Å². The number of benzene rings is 2. The van der Waals surface area contributed by atoms with Gasteiger partial charge in [-0.25, -0.2) is 0 Å². The fourth-order valence-corrected chi connectivity index (χ4v) is 3.32. The van der Waals surface area contributed by atoms with Gasteiger partial charge in [0.15, 0.2) is 5.78 Å². The molecule has 0 aliphatic heterocycles. The second kappa shape index (κ2) is 6.95. The van der Waals surface area contributed by atoms with Gasteiger partial charge in [0.1, 0.15) is 0 Å². The third-order valence-electron chi connectivity index (χ3n) is 3.66. The van der Waals surface area contributed by atoms with E-state index >= 15 is 0 Å². The number of ketones is 1. The number of carbonyl (C=O) groups is 1. The van der Waals surface area contributed by atoms with Crippen LogP contribution in [0.4, 0.5) is 0 Å². The number of rotatable bonds is 5. The Morgan fingerprint density at radius 1 is 1.00 bits per heavy atom. The molecule has 1 nitrogen and oxygen atoms in total. The lowest BCUT2D eigenvalue weighted by Crippen LogP contribution is -2.06. The lowest BCUT2D eigenvalue weighted by molar-refractivity contribution is 0.0992. The van der Waals surface area contributed by atoms with E-state index in [4.69, 9.17) is 0 Å². The topological polar surface area (TPSA) is 17.1 Å². The average Bonchev–Trinajstić information content (AvgIpc) is 2.43. The van der Waals surface area contributed by atoms with Crippen LogP contribution in [-0.4, -0.2) is 11.5 Å². The van der Waals surface area contributed by atoms with Crippen LogP contribution in [0.5, 0.6) is 0 Å². The molecule has 0 aliphatic rings. The van der Waals surface area contributed by atoms with Gasteiger partial charge in [-0.1, -0.05) is 36.8 Å². The predicted octanol–water partition coefficient (Wildman–Crippen LogP) is 5.15. The van der Waals surface area contributed by atoms with Gasteiger partial charge < -0.3 is 0 Å². The highest BCUT2D eigenvalue weighted by Crippen LogP contribution is 2.21. The third-order valence-corrected chi connectivity index (χ3v) is 4.56. The van der Waals surface area contributed by atoms with Crippen LogP contribution in [0.15, 0.2) is 41.3 Å². The van der Waals surface area contributed by atoms with Crippen LogP contribution >= 0.6 is 11.8 Å². The summed E-state index contributed by atoms with van der Waals surface area (Å²) >= 11 is 1.79. The van der Waals surface area contributed by atoms with E-state index in [9.17, 15) is 4.79 Å². The molecule has 0 N–H and O–H groups in total. The zero-order valence-electron chi connectivity index (χ0n) is 13.2. The largest absolute Gasteiger partial charge is 0.294 e. The summed E-state index contributed by atoms with van der Waals surface area (Å²) in [5.41, 5.74) is 5.63. The normalized spacial score (nSPS) is 10.7. The molecular weight excluding hydrogens is 276 g/mol. The summed E-state index contributed by atoms with van der Waals surface area (Å²) in [5, 5.41) is 0. The van der Waals surface area contributed by atoms with E-state index in [1.165, 1.54) is 21.6 Å². The molecule has 0 atom stereocenters. The summed E-state index contributed by atoms with van der Waals surface area (Å²) in [6.45, 7) is 8.40. The van der Waals surface area contributed by atoms with Gasteiger partial charge in [0.05, 0.1) is 0 Å². The van der Waals surface area contributed by atoms with Crippen LogP contribution in [0.3, 0.4) is 0 Å². The second-order valence-corrected chi connectivity index (χ2v) is 6.77. The molecule has 0 unspecified atom stereocenters. The van der Waals surface area contributed by atoms with Gasteiger partial charge in [-0.2, -0.15) is 0 Å². The molecule has 0 saturated heterocycles. The minimum absolute atomic E-state index is 0.193. The first-order valence-corrected chi connectivity index (χ1v) is 8.32. The van der Waals surface area contributed by atoms with E-state index in [1.54, 1.807) is 11.8 Å². The standard InChI is InChI=1S/C19H22OS/c1-5-21-17-8-6-16(7-9-17)19(20)12-18-14(3)10-13(2)11-15(18)4/h6-11H,5,12H2,1-4H3. The molecule has 110 valence electrons. The number of hydrogen-bond donors (Lipinski definition) is 0. The second-order valence-electron chi connectivity index (χ2n) is 5.43. The molecule has 0 amide bonds. The highest BCUT2D eigenvalue weighted by Gasteiger charge is 2.11. The van der Waals surface area contributed by atoms with Crippen molar-refractivity contribution in [3.8, 4) is 0 Å². The Morgan fingerprint density at radius 3 is 2.10 bits per heavy atom. The van der Waals surface area contributed by atoms with Crippen molar-refractivity contribution in [2.24, 2.45) is 0 Å². The summed E-state index contributed by atoms with van der Waals surface area (Å²) in [4.78, 5) is 13.7. The third kappa shape index (κ3) is 3.98. The lowest BCUT2D eigenvalue weighted by atomic mass is 9.94. The Bertz CT molecular complexity index is 618. The first kappa shape index (κ1) is 15.8. The SMILES string of the molecule is CCSc1ccc(C(=O)Cc2c(C)cc(C)cc2C)cc1. The van der Waals surface area contributed by atoms with Gasteiger partial charge in [0.2, 0.25) is 0 Å². The van der Waals surface area contributed by atoms with Crippen molar-refractivity contribution in [1.29, 1.82) is 0 Å². The van der Waals surface area contributed by atoms with E-state index in [0.717, 1.165) is 16.9 Å². The quantitative estimate of drug-likeness (QED) is 0.561. The maximum atomic E-state index is 12.5. The van der Waals surface area contributed by atoms with Gasteiger partial charge in [-0.05, 0) is 55.3 Å². The first-order chi connectivity index (χ1) is 10.0. The summed E-state index contributed by atoms with van der Waals surface area (Å²) in [6.07, 6.45) is 0.484. The summed E-state index contributed by atoms with van der Waals surface area (Å²) < 4.78 is 0. The van der Waals surface area contributed by atoms with E-state index in [1.807, 2.05) is 24.3 Å². The zero-order valence-corrected chi connectivity index (χ0v) is 14.0. The van der Waals surface area contributed by atoms with Gasteiger partial charge in [-0.3, -0.25) is 4.79 Å². The highest BCUT2D eigenvalue weighted by molar-refractivity contribution is 7.99. The van der Waals surface area contributed by atoms with Crippen molar-refractivity contribution in [3.63, 3.8) is 0 Å². The number of aryl methyl sites for hydroxylation is 3. The van der Waals surface area contributed by atoms with E-state index < -0.39 is 0 Å². The minimum atomic E-state index is 0.193. The van der Waals surface area contributed by atoms with Gasteiger partial charge in [0, 0.05) is 16.9 Å². The summed E-state index contributed by atoms with van der Waals surface area (Å²) in [7, 11) is 0. The first-order valence-electron chi connectivity index (χ1n) is 7.34. The molecule has 0 aliphatic carbocycles. The van der Waals surface area contributed by atoms with E-state index in [0.29, 0.717) is 6.42 Å². The van der Waals surface area contributed by atoms with Crippen molar-refractivity contribution >= 4 is 17.5 Å². The molecule has 21 heavy (non-hydrogen) atoms. The Kier molecular flexibility index (Phi) is 5.24. The molecule has 0 spiro atoms. The van der Waals surface area contributed by atoms with E-state index in [2.05, 4.69) is 39.8 Å². The van der Waals surface area contributed by atoms with Crippen molar-refractivity contribution < 1.29 is 4.79 Å². The average molecular weight is 298 g/mol. The highest BCUT2D eigenvalue weighted by atomic mass is 32.2. The molecular formula is C19H22OS. The molecule has 0 aromatic heterocycles. The Hall–Kier alpha value is -1.54.